The summed E-state index contributed by atoms with van der Waals surface area (Å²) >= 11 is 0. The Hall–Kier alpha value is -3.23. The minimum absolute atomic E-state index is 0.0323. The fourth-order valence-electron chi connectivity index (χ4n) is 2.17. The molecular weight excluding hydrogens is 345 g/mol. The quantitative estimate of drug-likeness (QED) is 0.718. The third-order valence-corrected chi connectivity index (χ3v) is 3.54. The second kappa shape index (κ2) is 7.77. The average Bonchev–Trinajstić information content (AvgIpc) is 2.59. The number of benzene rings is 1. The minimum Gasteiger partial charge on any atom is -0.462 e. The summed E-state index contributed by atoms with van der Waals surface area (Å²) in [4.78, 5) is 50.6. The zero-order chi connectivity index (χ0) is 19.4. The number of esters is 1. The molecule has 1 amide bonds. The highest BCUT2D eigenvalue weighted by Crippen LogP contribution is 2.06. The molecule has 0 fully saturated rings. The first-order valence-corrected chi connectivity index (χ1v) is 7.76. The van der Waals surface area contributed by atoms with Gasteiger partial charge in [0.2, 0.25) is 5.91 Å². The SMILES string of the molecule is CCOC(=O)c1cn(CC(=O)N(C)C)c(=O)n(-c2ccc(F)cc2)c1=O. The molecule has 9 heteroatoms. The van der Waals surface area contributed by atoms with Gasteiger partial charge in [0.1, 0.15) is 17.9 Å². The van der Waals surface area contributed by atoms with Crippen LogP contribution in [0.25, 0.3) is 5.69 Å². The lowest BCUT2D eigenvalue weighted by Gasteiger charge is -2.15. The third kappa shape index (κ3) is 3.88. The summed E-state index contributed by atoms with van der Waals surface area (Å²) < 4.78 is 19.6. The smallest absolute Gasteiger partial charge is 0.345 e. The normalized spacial score (nSPS) is 10.5. The fraction of sp³-hybridized carbons (Fsp3) is 0.294. The van der Waals surface area contributed by atoms with E-state index in [0.29, 0.717) is 4.57 Å². The van der Waals surface area contributed by atoms with Crippen molar-refractivity contribution in [1.82, 2.24) is 14.0 Å². The zero-order valence-corrected chi connectivity index (χ0v) is 14.6. The van der Waals surface area contributed by atoms with Crippen LogP contribution in [0.1, 0.15) is 17.3 Å². The van der Waals surface area contributed by atoms with Gasteiger partial charge < -0.3 is 9.64 Å². The van der Waals surface area contributed by atoms with Crippen LogP contribution in [0.3, 0.4) is 0 Å². The van der Waals surface area contributed by atoms with E-state index in [0.717, 1.165) is 22.9 Å². The fourth-order valence-corrected chi connectivity index (χ4v) is 2.17. The molecule has 0 atom stereocenters. The minimum atomic E-state index is -0.917. The van der Waals surface area contributed by atoms with Crippen molar-refractivity contribution >= 4 is 11.9 Å². The van der Waals surface area contributed by atoms with E-state index in [1.54, 1.807) is 6.92 Å². The molecule has 138 valence electrons. The maximum Gasteiger partial charge on any atom is 0.345 e. The van der Waals surface area contributed by atoms with Crippen LogP contribution >= 0.6 is 0 Å². The summed E-state index contributed by atoms with van der Waals surface area (Å²) in [7, 11) is 3.02. The van der Waals surface area contributed by atoms with Crippen LogP contribution in [0, 0.1) is 5.82 Å². The molecule has 0 aliphatic carbocycles. The van der Waals surface area contributed by atoms with Crippen LogP contribution in [0.2, 0.25) is 0 Å². The molecule has 0 unspecified atom stereocenters. The summed E-state index contributed by atoms with van der Waals surface area (Å²) in [6.45, 7) is 1.23. The predicted molar refractivity (Wildman–Crippen MR) is 90.9 cm³/mol. The molecule has 0 saturated heterocycles. The second-order valence-corrected chi connectivity index (χ2v) is 5.58. The standard InChI is InChI=1S/C17H18FN3O5/c1-4-26-16(24)13-9-20(10-14(22)19(2)3)17(25)21(15(13)23)12-7-5-11(18)6-8-12/h5-9H,4,10H2,1-3H3. The Morgan fingerprint density at radius 3 is 2.31 bits per heavy atom. The van der Waals surface area contributed by atoms with Crippen molar-refractivity contribution in [2.45, 2.75) is 13.5 Å². The van der Waals surface area contributed by atoms with Crippen LogP contribution < -0.4 is 11.2 Å². The van der Waals surface area contributed by atoms with Crippen LogP contribution in [-0.4, -0.2) is 46.6 Å². The molecular formula is C17H18FN3O5. The van der Waals surface area contributed by atoms with Crippen molar-refractivity contribution in [1.29, 1.82) is 0 Å². The first-order chi connectivity index (χ1) is 12.3. The molecule has 2 rings (SSSR count). The Bertz CT molecular complexity index is 944. The van der Waals surface area contributed by atoms with E-state index in [1.807, 2.05) is 0 Å². The number of rotatable bonds is 5. The summed E-state index contributed by atoms with van der Waals surface area (Å²) in [6.07, 6.45) is 1.00. The van der Waals surface area contributed by atoms with Crippen molar-refractivity contribution in [2.75, 3.05) is 20.7 Å². The third-order valence-electron chi connectivity index (χ3n) is 3.54. The highest BCUT2D eigenvalue weighted by atomic mass is 19.1. The summed E-state index contributed by atoms with van der Waals surface area (Å²) in [6, 6.07) is 4.61. The van der Waals surface area contributed by atoms with Crippen LogP contribution in [0.15, 0.2) is 40.1 Å². The Balaban J connectivity index is 2.72. The summed E-state index contributed by atoms with van der Waals surface area (Å²) in [5.74, 6) is -1.88. The first kappa shape index (κ1) is 19.1. The van der Waals surface area contributed by atoms with Gasteiger partial charge in [0.25, 0.3) is 5.56 Å². The van der Waals surface area contributed by atoms with Gasteiger partial charge >= 0.3 is 11.7 Å². The van der Waals surface area contributed by atoms with Gasteiger partial charge in [0.05, 0.1) is 12.3 Å². The van der Waals surface area contributed by atoms with E-state index in [1.165, 1.54) is 31.1 Å². The van der Waals surface area contributed by atoms with Crippen molar-refractivity contribution in [3.8, 4) is 5.69 Å². The molecule has 0 bridgehead atoms. The average molecular weight is 363 g/mol. The Morgan fingerprint density at radius 1 is 1.15 bits per heavy atom. The van der Waals surface area contributed by atoms with Gasteiger partial charge in [-0.3, -0.25) is 14.2 Å². The van der Waals surface area contributed by atoms with Crippen LogP contribution in [0.4, 0.5) is 4.39 Å². The molecule has 8 nitrogen and oxygen atoms in total. The van der Waals surface area contributed by atoms with Crippen molar-refractivity contribution in [3.05, 3.63) is 62.7 Å². The van der Waals surface area contributed by atoms with Crippen LogP contribution in [0.5, 0.6) is 0 Å². The van der Waals surface area contributed by atoms with E-state index >= 15 is 0 Å². The lowest BCUT2D eigenvalue weighted by molar-refractivity contribution is -0.129. The number of hydrogen-bond acceptors (Lipinski definition) is 5. The summed E-state index contributed by atoms with van der Waals surface area (Å²) in [5.41, 5.74) is -2.07. The maximum absolute atomic E-state index is 13.2. The van der Waals surface area contributed by atoms with Gasteiger partial charge in [-0.15, -0.1) is 0 Å². The van der Waals surface area contributed by atoms with Gasteiger partial charge in [-0.25, -0.2) is 18.5 Å². The van der Waals surface area contributed by atoms with E-state index < -0.39 is 34.5 Å². The highest BCUT2D eigenvalue weighted by molar-refractivity contribution is 5.88. The highest BCUT2D eigenvalue weighted by Gasteiger charge is 2.20. The molecule has 26 heavy (non-hydrogen) atoms. The molecule has 0 N–H and O–H groups in total. The molecule has 0 radical (unpaired) electrons. The topological polar surface area (TPSA) is 90.6 Å². The van der Waals surface area contributed by atoms with Crippen LogP contribution in [-0.2, 0) is 16.1 Å². The van der Waals surface area contributed by atoms with Gasteiger partial charge in [0, 0.05) is 20.3 Å². The van der Waals surface area contributed by atoms with Gasteiger partial charge in [-0.2, -0.15) is 0 Å². The van der Waals surface area contributed by atoms with Gasteiger partial charge in [-0.1, -0.05) is 0 Å². The molecule has 0 aliphatic rings. The van der Waals surface area contributed by atoms with E-state index in [-0.39, 0.29) is 18.8 Å². The summed E-state index contributed by atoms with van der Waals surface area (Å²) in [5, 5.41) is 0. The lowest BCUT2D eigenvalue weighted by Crippen LogP contribution is -2.43. The van der Waals surface area contributed by atoms with Gasteiger partial charge in [0.15, 0.2) is 0 Å². The number of nitrogens with zero attached hydrogens (tertiary/aromatic N) is 3. The number of halogens is 1. The largest absolute Gasteiger partial charge is 0.462 e. The molecule has 1 aromatic heterocycles. The predicted octanol–water partition coefficient (Wildman–Crippen LogP) is 0.403. The van der Waals surface area contributed by atoms with E-state index in [4.69, 9.17) is 4.74 Å². The molecule has 2 aromatic rings. The van der Waals surface area contributed by atoms with Crippen molar-refractivity contribution < 1.29 is 18.7 Å². The van der Waals surface area contributed by atoms with E-state index in [2.05, 4.69) is 0 Å². The Kier molecular flexibility index (Phi) is 5.71. The van der Waals surface area contributed by atoms with Gasteiger partial charge in [-0.05, 0) is 31.2 Å². The number of aromatic nitrogens is 2. The number of carbonyl (C=O) groups is 2. The lowest BCUT2D eigenvalue weighted by atomic mass is 10.2. The molecule has 1 aromatic carbocycles. The number of carbonyl (C=O) groups excluding carboxylic acids is 2. The number of likely N-dealkylation sites (N-methyl/N-ethyl adjacent to an activating group) is 1. The molecule has 0 saturated carbocycles. The van der Waals surface area contributed by atoms with E-state index in [9.17, 15) is 23.6 Å². The first-order valence-electron chi connectivity index (χ1n) is 7.76. The zero-order valence-electron chi connectivity index (χ0n) is 14.6. The molecule has 0 spiro atoms. The molecule has 0 aliphatic heterocycles. The Morgan fingerprint density at radius 2 is 1.77 bits per heavy atom. The van der Waals surface area contributed by atoms with Crippen molar-refractivity contribution in [2.24, 2.45) is 0 Å². The monoisotopic (exact) mass is 363 g/mol. The number of amides is 1. The number of hydrogen-bond donors (Lipinski definition) is 0. The molecule has 1 heterocycles. The number of ether oxygens (including phenoxy) is 1. The Labute approximate surface area is 148 Å². The second-order valence-electron chi connectivity index (χ2n) is 5.58. The van der Waals surface area contributed by atoms with Crippen molar-refractivity contribution in [3.63, 3.8) is 0 Å². The maximum atomic E-state index is 13.2.